The van der Waals surface area contributed by atoms with E-state index >= 15 is 0 Å². The Balaban J connectivity index is 2.02. The predicted octanol–water partition coefficient (Wildman–Crippen LogP) is 1.93. The third-order valence-electron chi connectivity index (χ3n) is 2.85. The average molecular weight is 310 g/mol. The van der Waals surface area contributed by atoms with E-state index in [1.54, 1.807) is 24.3 Å². The maximum absolute atomic E-state index is 13.1. The first kappa shape index (κ1) is 15.3. The van der Waals surface area contributed by atoms with Crippen LogP contribution in [0.5, 0.6) is 5.75 Å². The molecule has 0 aromatic heterocycles. The van der Waals surface area contributed by atoms with Crippen molar-refractivity contribution in [1.82, 2.24) is 0 Å². The van der Waals surface area contributed by atoms with Gasteiger partial charge in [-0.2, -0.15) is 0 Å². The molecule has 0 spiro atoms. The molecule has 0 atom stereocenters. The molecule has 0 saturated heterocycles. The summed E-state index contributed by atoms with van der Waals surface area (Å²) in [6.45, 7) is 0.248. The first-order valence-corrected chi connectivity index (χ1v) is 7.86. The molecule has 0 saturated carbocycles. The van der Waals surface area contributed by atoms with E-state index in [2.05, 4.69) is 5.32 Å². The Kier molecular flexibility index (Phi) is 4.44. The lowest BCUT2D eigenvalue weighted by molar-refractivity contribution is 0.466. The topological polar surface area (TPSA) is 92.4 Å². The van der Waals surface area contributed by atoms with Crippen molar-refractivity contribution in [2.45, 2.75) is 12.3 Å². The minimum Gasteiger partial charge on any atom is -0.508 e. The molecular formula is C14H15FN2O3S. The molecule has 0 bridgehead atoms. The smallest absolute Gasteiger partial charge is 0.213 e. The number of phenolic OH excluding ortho intramolecular Hbond substituents is 1. The number of anilines is 1. The number of primary sulfonamides is 1. The number of hydrogen-bond donors (Lipinski definition) is 3. The molecule has 21 heavy (non-hydrogen) atoms. The summed E-state index contributed by atoms with van der Waals surface area (Å²) in [7, 11) is -3.55. The Morgan fingerprint density at radius 3 is 2.43 bits per heavy atom. The number of hydrogen-bond acceptors (Lipinski definition) is 4. The summed E-state index contributed by atoms with van der Waals surface area (Å²) < 4.78 is 35.0. The Hall–Kier alpha value is -2.12. The van der Waals surface area contributed by atoms with E-state index in [1.807, 2.05) is 0 Å². The number of nitrogens with one attached hydrogen (secondary N) is 1. The highest BCUT2D eigenvalue weighted by Gasteiger charge is 2.05. The van der Waals surface area contributed by atoms with Crippen molar-refractivity contribution in [3.05, 3.63) is 59.4 Å². The largest absolute Gasteiger partial charge is 0.508 e. The summed E-state index contributed by atoms with van der Waals surface area (Å²) >= 11 is 0. The van der Waals surface area contributed by atoms with Crippen molar-refractivity contribution in [3.8, 4) is 5.75 Å². The zero-order valence-corrected chi connectivity index (χ0v) is 11.9. The van der Waals surface area contributed by atoms with Crippen LogP contribution >= 0.6 is 0 Å². The van der Waals surface area contributed by atoms with E-state index in [0.29, 0.717) is 11.1 Å². The van der Waals surface area contributed by atoms with Crippen LogP contribution in [0.1, 0.15) is 11.1 Å². The van der Waals surface area contributed by atoms with Crippen LogP contribution in [0.2, 0.25) is 0 Å². The molecule has 4 N–H and O–H groups in total. The van der Waals surface area contributed by atoms with Gasteiger partial charge in [-0.05, 0) is 35.9 Å². The van der Waals surface area contributed by atoms with Crippen molar-refractivity contribution >= 4 is 15.7 Å². The quantitative estimate of drug-likeness (QED) is 0.787. The summed E-state index contributed by atoms with van der Waals surface area (Å²) in [4.78, 5) is 0. The van der Waals surface area contributed by atoms with Gasteiger partial charge in [-0.25, -0.2) is 17.9 Å². The van der Waals surface area contributed by atoms with Crippen LogP contribution in [-0.4, -0.2) is 13.5 Å². The zero-order valence-electron chi connectivity index (χ0n) is 11.1. The third kappa shape index (κ3) is 4.73. The number of halogens is 1. The lowest BCUT2D eigenvalue weighted by Gasteiger charge is -2.09. The van der Waals surface area contributed by atoms with Gasteiger partial charge in [-0.1, -0.05) is 12.1 Å². The van der Waals surface area contributed by atoms with Crippen molar-refractivity contribution in [3.63, 3.8) is 0 Å². The standard InChI is InChI=1S/C14H15FN2O3S/c15-12-3-6-14(18)11(7-12)8-17-13-4-1-10(2-5-13)9-21(16,19)20/h1-7,17-18H,8-9H2,(H2,16,19,20). The maximum Gasteiger partial charge on any atom is 0.213 e. The van der Waals surface area contributed by atoms with Gasteiger partial charge >= 0.3 is 0 Å². The van der Waals surface area contributed by atoms with Crippen molar-refractivity contribution in [2.75, 3.05) is 5.32 Å². The second-order valence-electron chi connectivity index (χ2n) is 4.63. The van der Waals surface area contributed by atoms with E-state index in [-0.39, 0.29) is 18.0 Å². The van der Waals surface area contributed by atoms with Crippen LogP contribution in [0.25, 0.3) is 0 Å². The minimum atomic E-state index is -3.55. The van der Waals surface area contributed by atoms with Crippen LogP contribution in [0.3, 0.4) is 0 Å². The average Bonchev–Trinajstić information content (AvgIpc) is 2.40. The predicted molar refractivity (Wildman–Crippen MR) is 78.6 cm³/mol. The Morgan fingerprint density at radius 1 is 1.14 bits per heavy atom. The molecule has 0 amide bonds. The lowest BCUT2D eigenvalue weighted by atomic mass is 10.2. The monoisotopic (exact) mass is 310 g/mol. The second-order valence-corrected chi connectivity index (χ2v) is 6.25. The Bertz CT molecular complexity index is 730. The van der Waals surface area contributed by atoms with Crippen LogP contribution in [-0.2, 0) is 22.3 Å². The normalized spacial score (nSPS) is 11.3. The fourth-order valence-corrected chi connectivity index (χ4v) is 2.50. The van der Waals surface area contributed by atoms with Crippen LogP contribution in [0, 0.1) is 5.82 Å². The first-order valence-electron chi connectivity index (χ1n) is 6.14. The van der Waals surface area contributed by atoms with Gasteiger partial charge in [-0.3, -0.25) is 0 Å². The number of phenols is 1. The highest BCUT2D eigenvalue weighted by molar-refractivity contribution is 7.88. The molecule has 0 fully saturated rings. The number of aromatic hydroxyl groups is 1. The number of nitrogens with two attached hydrogens (primary N) is 1. The molecule has 7 heteroatoms. The van der Waals surface area contributed by atoms with Crippen molar-refractivity contribution < 1.29 is 17.9 Å². The third-order valence-corrected chi connectivity index (χ3v) is 3.58. The van der Waals surface area contributed by atoms with Gasteiger partial charge in [0.1, 0.15) is 11.6 Å². The Labute approximate surface area is 122 Å². The second kappa shape index (κ2) is 6.11. The van der Waals surface area contributed by atoms with Gasteiger partial charge in [0.05, 0.1) is 5.75 Å². The molecular weight excluding hydrogens is 295 g/mol. The zero-order chi connectivity index (χ0) is 15.5. The summed E-state index contributed by atoms with van der Waals surface area (Å²) in [5.41, 5.74) is 1.73. The summed E-state index contributed by atoms with van der Waals surface area (Å²) in [5, 5.41) is 17.6. The lowest BCUT2D eigenvalue weighted by Crippen LogP contribution is -2.14. The highest BCUT2D eigenvalue weighted by Crippen LogP contribution is 2.19. The van der Waals surface area contributed by atoms with Gasteiger partial charge in [0.15, 0.2) is 0 Å². The van der Waals surface area contributed by atoms with Gasteiger partial charge in [0.2, 0.25) is 10.0 Å². The van der Waals surface area contributed by atoms with E-state index in [4.69, 9.17) is 5.14 Å². The fourth-order valence-electron chi connectivity index (χ4n) is 1.84. The van der Waals surface area contributed by atoms with Crippen LogP contribution in [0.4, 0.5) is 10.1 Å². The number of benzene rings is 2. The molecule has 0 aliphatic heterocycles. The van der Waals surface area contributed by atoms with Crippen molar-refractivity contribution in [1.29, 1.82) is 0 Å². The van der Waals surface area contributed by atoms with Gasteiger partial charge < -0.3 is 10.4 Å². The molecule has 5 nitrogen and oxygen atoms in total. The van der Waals surface area contributed by atoms with E-state index < -0.39 is 15.8 Å². The maximum atomic E-state index is 13.1. The number of rotatable bonds is 5. The van der Waals surface area contributed by atoms with Gasteiger partial charge in [0.25, 0.3) is 0 Å². The van der Waals surface area contributed by atoms with Crippen molar-refractivity contribution in [2.24, 2.45) is 5.14 Å². The molecule has 0 unspecified atom stereocenters. The highest BCUT2D eigenvalue weighted by atomic mass is 32.2. The van der Waals surface area contributed by atoms with E-state index in [0.717, 1.165) is 5.69 Å². The van der Waals surface area contributed by atoms with Crippen LogP contribution < -0.4 is 10.5 Å². The molecule has 2 rings (SSSR count). The molecule has 112 valence electrons. The first-order chi connectivity index (χ1) is 9.83. The summed E-state index contributed by atoms with van der Waals surface area (Å²) in [6.07, 6.45) is 0. The molecule has 0 heterocycles. The van der Waals surface area contributed by atoms with Gasteiger partial charge in [-0.15, -0.1) is 0 Å². The Morgan fingerprint density at radius 2 is 1.81 bits per heavy atom. The molecule has 2 aromatic rings. The molecule has 0 aliphatic rings. The van der Waals surface area contributed by atoms with E-state index in [1.165, 1.54) is 18.2 Å². The van der Waals surface area contributed by atoms with Gasteiger partial charge in [0, 0.05) is 17.8 Å². The number of sulfonamides is 1. The molecule has 0 aliphatic carbocycles. The molecule has 2 aromatic carbocycles. The summed E-state index contributed by atoms with van der Waals surface area (Å²) in [6, 6.07) is 10.4. The SMILES string of the molecule is NS(=O)(=O)Cc1ccc(NCc2cc(F)ccc2O)cc1. The minimum absolute atomic E-state index is 0.00902. The van der Waals surface area contributed by atoms with Crippen LogP contribution in [0.15, 0.2) is 42.5 Å². The molecule has 0 radical (unpaired) electrons. The van der Waals surface area contributed by atoms with E-state index in [9.17, 15) is 17.9 Å². The fraction of sp³-hybridized carbons (Fsp3) is 0.143. The summed E-state index contributed by atoms with van der Waals surface area (Å²) in [5.74, 6) is -0.638.